The summed E-state index contributed by atoms with van der Waals surface area (Å²) < 4.78 is 0. The molecule has 0 heterocycles. The Kier molecular flexibility index (Phi) is 4.96. The maximum absolute atomic E-state index is 11.2. The highest BCUT2D eigenvalue weighted by molar-refractivity contribution is 6.08. The first kappa shape index (κ1) is 11.8. The molecule has 4 nitrogen and oxygen atoms in total. The Labute approximate surface area is 77.7 Å². The fourth-order valence-electron chi connectivity index (χ4n) is 0.952. The molecule has 4 heteroatoms. The highest BCUT2D eigenvalue weighted by Crippen LogP contribution is 1.96. The summed E-state index contributed by atoms with van der Waals surface area (Å²) >= 11 is 0. The van der Waals surface area contributed by atoms with Gasteiger partial charge in [0.2, 0.25) is 5.91 Å². The number of carbonyl (C=O) groups excluding carboxylic acids is 3. The molecule has 0 rings (SSSR count). The zero-order valence-corrected chi connectivity index (χ0v) is 8.22. The van der Waals surface area contributed by atoms with E-state index < -0.39 is 6.04 Å². The quantitative estimate of drug-likeness (QED) is 0.632. The molecule has 0 bridgehead atoms. The molecule has 0 aliphatic heterocycles. The van der Waals surface area contributed by atoms with Gasteiger partial charge in [0.05, 0.1) is 0 Å². The summed E-state index contributed by atoms with van der Waals surface area (Å²) in [5.74, 6) is -0.822. The fraction of sp³-hybridized carbons (Fsp3) is 0.667. The van der Waals surface area contributed by atoms with Crippen LogP contribution in [0.4, 0.5) is 0 Å². The van der Waals surface area contributed by atoms with E-state index in [1.165, 1.54) is 6.92 Å². The molecule has 1 amide bonds. The molecule has 0 atom stereocenters. The summed E-state index contributed by atoms with van der Waals surface area (Å²) in [6.45, 7) is 4.62. The predicted molar refractivity (Wildman–Crippen MR) is 48.2 cm³/mol. The Balaban J connectivity index is 4.45. The van der Waals surface area contributed by atoms with Crippen LogP contribution in [0.15, 0.2) is 0 Å². The number of carbonyl (C=O) groups is 3. The monoisotopic (exact) mass is 185 g/mol. The van der Waals surface area contributed by atoms with Crippen LogP contribution in [0.25, 0.3) is 0 Å². The van der Waals surface area contributed by atoms with Crippen LogP contribution < -0.4 is 5.32 Å². The van der Waals surface area contributed by atoms with Crippen LogP contribution in [0.5, 0.6) is 0 Å². The van der Waals surface area contributed by atoms with E-state index >= 15 is 0 Å². The van der Waals surface area contributed by atoms with Gasteiger partial charge in [-0.05, 0) is 0 Å². The van der Waals surface area contributed by atoms with Crippen LogP contribution in [0.2, 0.25) is 0 Å². The summed E-state index contributed by atoms with van der Waals surface area (Å²) in [6, 6.07) is -0.938. The van der Waals surface area contributed by atoms with Crippen LogP contribution in [-0.4, -0.2) is 23.5 Å². The summed E-state index contributed by atoms with van der Waals surface area (Å²) in [7, 11) is 0. The van der Waals surface area contributed by atoms with Gasteiger partial charge in [-0.1, -0.05) is 13.8 Å². The van der Waals surface area contributed by atoms with Crippen molar-refractivity contribution in [2.45, 2.75) is 39.7 Å². The second-order valence-electron chi connectivity index (χ2n) is 2.77. The van der Waals surface area contributed by atoms with Crippen molar-refractivity contribution in [3.05, 3.63) is 0 Å². The van der Waals surface area contributed by atoms with Gasteiger partial charge in [-0.15, -0.1) is 0 Å². The topological polar surface area (TPSA) is 63.2 Å². The van der Waals surface area contributed by atoms with Gasteiger partial charge in [0.1, 0.15) is 6.04 Å². The van der Waals surface area contributed by atoms with Crippen molar-refractivity contribution in [3.63, 3.8) is 0 Å². The zero-order chi connectivity index (χ0) is 10.4. The molecule has 0 unspecified atom stereocenters. The smallest absolute Gasteiger partial charge is 0.217 e. The van der Waals surface area contributed by atoms with E-state index in [-0.39, 0.29) is 30.3 Å². The van der Waals surface area contributed by atoms with Crippen molar-refractivity contribution in [1.29, 1.82) is 0 Å². The van der Waals surface area contributed by atoms with E-state index in [1.54, 1.807) is 13.8 Å². The second-order valence-corrected chi connectivity index (χ2v) is 2.77. The average molecular weight is 185 g/mol. The summed E-state index contributed by atoms with van der Waals surface area (Å²) in [4.78, 5) is 33.1. The first-order valence-corrected chi connectivity index (χ1v) is 4.35. The minimum absolute atomic E-state index is 0.234. The zero-order valence-electron chi connectivity index (χ0n) is 8.22. The van der Waals surface area contributed by atoms with E-state index in [4.69, 9.17) is 0 Å². The number of rotatable bonds is 5. The maximum Gasteiger partial charge on any atom is 0.217 e. The number of nitrogens with one attached hydrogen (secondary N) is 1. The molecule has 0 aliphatic rings. The molecule has 0 radical (unpaired) electrons. The van der Waals surface area contributed by atoms with Gasteiger partial charge in [-0.2, -0.15) is 0 Å². The first-order chi connectivity index (χ1) is 6.02. The number of hydrogen-bond donors (Lipinski definition) is 1. The summed E-state index contributed by atoms with van der Waals surface area (Å²) in [5.41, 5.74) is 0. The van der Waals surface area contributed by atoms with E-state index in [1.807, 2.05) is 0 Å². The lowest BCUT2D eigenvalue weighted by molar-refractivity contribution is -0.133. The Morgan fingerprint density at radius 1 is 1.08 bits per heavy atom. The highest BCUT2D eigenvalue weighted by atomic mass is 16.2. The minimum atomic E-state index is -0.938. The molecule has 0 aromatic heterocycles. The molecule has 0 saturated heterocycles. The van der Waals surface area contributed by atoms with Gasteiger partial charge in [0.15, 0.2) is 11.6 Å². The molecule has 0 spiro atoms. The first-order valence-electron chi connectivity index (χ1n) is 4.35. The molecule has 1 N–H and O–H groups in total. The SMILES string of the molecule is CCC(=O)C(NC(C)=O)C(=O)CC. The number of amides is 1. The Bertz CT molecular complexity index is 207. The average Bonchev–Trinajstić information content (AvgIpc) is 2.11. The Morgan fingerprint density at radius 3 is 1.69 bits per heavy atom. The number of hydrogen-bond acceptors (Lipinski definition) is 3. The lowest BCUT2D eigenvalue weighted by atomic mass is 10.0. The fourth-order valence-corrected chi connectivity index (χ4v) is 0.952. The minimum Gasteiger partial charge on any atom is -0.340 e. The molecule has 13 heavy (non-hydrogen) atoms. The third-order valence-electron chi connectivity index (χ3n) is 1.69. The molecule has 0 aromatic carbocycles. The maximum atomic E-state index is 11.2. The van der Waals surface area contributed by atoms with Crippen molar-refractivity contribution >= 4 is 17.5 Å². The van der Waals surface area contributed by atoms with Crippen LogP contribution in [0.3, 0.4) is 0 Å². The van der Waals surface area contributed by atoms with Gasteiger partial charge < -0.3 is 5.32 Å². The second kappa shape index (κ2) is 5.45. The normalized spacial score (nSPS) is 9.85. The van der Waals surface area contributed by atoms with Crippen LogP contribution in [0, 0.1) is 0 Å². The summed E-state index contributed by atoms with van der Waals surface area (Å²) in [6.07, 6.45) is 0.521. The largest absolute Gasteiger partial charge is 0.340 e. The standard InChI is InChI=1S/C9H15NO3/c1-4-7(12)9(8(13)5-2)10-6(3)11/h9H,4-5H2,1-3H3,(H,10,11). The van der Waals surface area contributed by atoms with Gasteiger partial charge >= 0.3 is 0 Å². The number of ketones is 2. The van der Waals surface area contributed by atoms with Gasteiger partial charge in [-0.3, -0.25) is 14.4 Å². The van der Waals surface area contributed by atoms with E-state index in [9.17, 15) is 14.4 Å². The van der Waals surface area contributed by atoms with Crippen molar-refractivity contribution in [2.24, 2.45) is 0 Å². The molecule has 0 saturated carbocycles. The number of Topliss-reactive ketones (excluding diaryl/α,β-unsaturated/α-hetero) is 2. The molecule has 0 fully saturated rings. The van der Waals surface area contributed by atoms with Crippen LogP contribution in [-0.2, 0) is 14.4 Å². The lowest BCUT2D eigenvalue weighted by Gasteiger charge is -2.13. The van der Waals surface area contributed by atoms with E-state index in [0.717, 1.165) is 0 Å². The molecular formula is C9H15NO3. The molecule has 0 aliphatic carbocycles. The van der Waals surface area contributed by atoms with Crippen LogP contribution >= 0.6 is 0 Å². The predicted octanol–water partition coefficient (Wildman–Crippen LogP) is 0.449. The van der Waals surface area contributed by atoms with Crippen LogP contribution in [0.1, 0.15) is 33.6 Å². The van der Waals surface area contributed by atoms with E-state index in [0.29, 0.717) is 0 Å². The van der Waals surface area contributed by atoms with Gasteiger partial charge in [0, 0.05) is 19.8 Å². The third-order valence-corrected chi connectivity index (χ3v) is 1.69. The van der Waals surface area contributed by atoms with Crippen molar-refractivity contribution in [1.82, 2.24) is 5.32 Å². The molecular weight excluding hydrogens is 170 g/mol. The summed E-state index contributed by atoms with van der Waals surface area (Å²) in [5, 5.41) is 2.34. The highest BCUT2D eigenvalue weighted by Gasteiger charge is 2.23. The Morgan fingerprint density at radius 2 is 1.46 bits per heavy atom. The molecule has 74 valence electrons. The third kappa shape index (κ3) is 3.83. The molecule has 0 aromatic rings. The van der Waals surface area contributed by atoms with E-state index in [2.05, 4.69) is 5.32 Å². The Hall–Kier alpha value is -1.19. The van der Waals surface area contributed by atoms with Gasteiger partial charge in [0.25, 0.3) is 0 Å². The van der Waals surface area contributed by atoms with Crippen molar-refractivity contribution < 1.29 is 14.4 Å². The lowest BCUT2D eigenvalue weighted by Crippen LogP contribution is -2.45. The van der Waals surface area contributed by atoms with Gasteiger partial charge in [-0.25, -0.2) is 0 Å². The van der Waals surface area contributed by atoms with Crippen molar-refractivity contribution in [3.8, 4) is 0 Å². The van der Waals surface area contributed by atoms with Crippen molar-refractivity contribution in [2.75, 3.05) is 0 Å².